The van der Waals surface area contributed by atoms with E-state index in [0.29, 0.717) is 5.54 Å². The van der Waals surface area contributed by atoms with Gasteiger partial charge in [-0.25, -0.2) is 0 Å². The third-order valence-electron chi connectivity index (χ3n) is 3.75. The van der Waals surface area contributed by atoms with E-state index >= 15 is 0 Å². The fourth-order valence-corrected chi connectivity index (χ4v) is 2.89. The van der Waals surface area contributed by atoms with E-state index in [2.05, 4.69) is 17.6 Å². The van der Waals surface area contributed by atoms with Crippen LogP contribution in [-0.4, -0.2) is 25.2 Å². The molecule has 2 unspecified atom stereocenters. The Morgan fingerprint density at radius 1 is 1.42 bits per heavy atom. The molecular weight excluding hydrogens is 148 g/mol. The molecule has 2 fully saturated rings. The first-order valence-electron chi connectivity index (χ1n) is 5.33. The van der Waals surface area contributed by atoms with Crippen LogP contribution in [-0.2, 0) is 0 Å². The maximum absolute atomic E-state index is 3.72. The summed E-state index contributed by atoms with van der Waals surface area (Å²) in [7, 11) is 0. The van der Waals surface area contributed by atoms with Gasteiger partial charge in [0.2, 0.25) is 0 Å². The standard InChI is InChI=1S/C10H20N2/c1-2-10(5-3-6-12-10)9-4-7-11-8-9/h9,11-12H,2-8H2,1H3. The fourth-order valence-electron chi connectivity index (χ4n) is 2.89. The van der Waals surface area contributed by atoms with E-state index in [4.69, 9.17) is 0 Å². The summed E-state index contributed by atoms with van der Waals surface area (Å²) in [5.74, 6) is 0.894. The maximum Gasteiger partial charge on any atom is 0.0220 e. The molecule has 0 saturated carbocycles. The van der Waals surface area contributed by atoms with Crippen LogP contribution in [0.4, 0.5) is 0 Å². The average molecular weight is 168 g/mol. The lowest BCUT2D eigenvalue weighted by atomic mass is 9.80. The molecule has 2 atom stereocenters. The topological polar surface area (TPSA) is 24.1 Å². The van der Waals surface area contributed by atoms with Crippen molar-refractivity contribution in [3.05, 3.63) is 0 Å². The first-order chi connectivity index (χ1) is 5.87. The monoisotopic (exact) mass is 168 g/mol. The van der Waals surface area contributed by atoms with Crippen molar-refractivity contribution in [3.8, 4) is 0 Å². The van der Waals surface area contributed by atoms with Crippen molar-refractivity contribution in [2.45, 2.75) is 38.1 Å². The summed E-state index contributed by atoms with van der Waals surface area (Å²) in [6.07, 6.45) is 5.46. The predicted octanol–water partition coefficient (Wildman–Crippen LogP) is 1.13. The maximum atomic E-state index is 3.72. The van der Waals surface area contributed by atoms with Crippen LogP contribution in [0, 0.1) is 5.92 Å². The van der Waals surface area contributed by atoms with Gasteiger partial charge in [0.05, 0.1) is 0 Å². The third-order valence-corrected chi connectivity index (χ3v) is 3.75. The molecule has 0 bridgehead atoms. The van der Waals surface area contributed by atoms with Gasteiger partial charge in [0.1, 0.15) is 0 Å². The molecule has 2 rings (SSSR count). The number of hydrogen-bond acceptors (Lipinski definition) is 2. The van der Waals surface area contributed by atoms with Crippen LogP contribution in [0.3, 0.4) is 0 Å². The minimum Gasteiger partial charge on any atom is -0.316 e. The quantitative estimate of drug-likeness (QED) is 0.646. The Bertz CT molecular complexity index is 144. The lowest BCUT2D eigenvalue weighted by molar-refractivity contribution is 0.244. The highest BCUT2D eigenvalue weighted by Gasteiger charge is 2.40. The van der Waals surface area contributed by atoms with Gasteiger partial charge in [-0.05, 0) is 51.2 Å². The Kier molecular flexibility index (Phi) is 2.37. The minimum absolute atomic E-state index is 0.503. The van der Waals surface area contributed by atoms with Gasteiger partial charge in [-0.1, -0.05) is 6.92 Å². The van der Waals surface area contributed by atoms with Crippen LogP contribution in [0.15, 0.2) is 0 Å². The van der Waals surface area contributed by atoms with Crippen LogP contribution >= 0.6 is 0 Å². The Labute approximate surface area is 75.1 Å². The van der Waals surface area contributed by atoms with Gasteiger partial charge in [-0.3, -0.25) is 0 Å². The lowest BCUT2D eigenvalue weighted by Crippen LogP contribution is -2.47. The van der Waals surface area contributed by atoms with E-state index in [1.165, 1.54) is 45.3 Å². The summed E-state index contributed by atoms with van der Waals surface area (Å²) >= 11 is 0. The lowest BCUT2D eigenvalue weighted by Gasteiger charge is -2.34. The summed E-state index contributed by atoms with van der Waals surface area (Å²) in [5, 5.41) is 7.19. The number of nitrogens with one attached hydrogen (secondary N) is 2. The largest absolute Gasteiger partial charge is 0.316 e. The van der Waals surface area contributed by atoms with E-state index in [0.717, 1.165) is 5.92 Å². The van der Waals surface area contributed by atoms with Crippen molar-refractivity contribution in [2.75, 3.05) is 19.6 Å². The highest BCUT2D eigenvalue weighted by atomic mass is 15.0. The van der Waals surface area contributed by atoms with Crippen molar-refractivity contribution in [1.29, 1.82) is 0 Å². The van der Waals surface area contributed by atoms with Crippen LogP contribution < -0.4 is 10.6 Å². The van der Waals surface area contributed by atoms with E-state index in [1.807, 2.05) is 0 Å². The molecular formula is C10H20N2. The zero-order valence-electron chi connectivity index (χ0n) is 8.03. The summed E-state index contributed by atoms with van der Waals surface area (Å²) in [6.45, 7) is 6.04. The summed E-state index contributed by atoms with van der Waals surface area (Å²) < 4.78 is 0. The molecule has 0 spiro atoms. The second-order valence-electron chi connectivity index (χ2n) is 4.23. The van der Waals surface area contributed by atoms with E-state index in [1.54, 1.807) is 0 Å². The first kappa shape index (κ1) is 8.52. The highest BCUT2D eigenvalue weighted by molar-refractivity contribution is 5.00. The fraction of sp³-hybridized carbons (Fsp3) is 1.00. The Morgan fingerprint density at radius 2 is 2.33 bits per heavy atom. The van der Waals surface area contributed by atoms with Gasteiger partial charge >= 0.3 is 0 Å². The Balaban J connectivity index is 2.04. The Morgan fingerprint density at radius 3 is 2.83 bits per heavy atom. The van der Waals surface area contributed by atoms with Crippen molar-refractivity contribution in [1.82, 2.24) is 10.6 Å². The van der Waals surface area contributed by atoms with Gasteiger partial charge in [-0.15, -0.1) is 0 Å². The van der Waals surface area contributed by atoms with Crippen molar-refractivity contribution in [2.24, 2.45) is 5.92 Å². The normalized spacial score (nSPS) is 42.2. The second kappa shape index (κ2) is 3.35. The smallest absolute Gasteiger partial charge is 0.0220 e. The molecule has 2 aliphatic heterocycles. The van der Waals surface area contributed by atoms with Crippen LogP contribution in [0.1, 0.15) is 32.6 Å². The zero-order valence-corrected chi connectivity index (χ0v) is 8.03. The molecule has 2 N–H and O–H groups in total. The van der Waals surface area contributed by atoms with Crippen molar-refractivity contribution >= 4 is 0 Å². The molecule has 0 aromatic rings. The summed E-state index contributed by atoms with van der Waals surface area (Å²) in [5.41, 5.74) is 0.503. The van der Waals surface area contributed by atoms with Crippen LogP contribution in [0.5, 0.6) is 0 Å². The van der Waals surface area contributed by atoms with Crippen LogP contribution in [0.2, 0.25) is 0 Å². The van der Waals surface area contributed by atoms with Gasteiger partial charge in [0.25, 0.3) is 0 Å². The molecule has 2 nitrogen and oxygen atoms in total. The average Bonchev–Trinajstić information content (AvgIpc) is 2.76. The molecule has 2 heterocycles. The SMILES string of the molecule is CCC1(C2CCNC2)CCCN1. The molecule has 70 valence electrons. The second-order valence-corrected chi connectivity index (χ2v) is 4.23. The van der Waals surface area contributed by atoms with E-state index in [-0.39, 0.29) is 0 Å². The number of rotatable bonds is 2. The van der Waals surface area contributed by atoms with Crippen molar-refractivity contribution in [3.63, 3.8) is 0 Å². The van der Waals surface area contributed by atoms with Crippen LogP contribution in [0.25, 0.3) is 0 Å². The molecule has 0 aromatic carbocycles. The van der Waals surface area contributed by atoms with Gasteiger partial charge < -0.3 is 10.6 Å². The highest BCUT2D eigenvalue weighted by Crippen LogP contribution is 2.34. The molecule has 0 radical (unpaired) electrons. The molecule has 2 aliphatic rings. The summed E-state index contributed by atoms with van der Waals surface area (Å²) in [4.78, 5) is 0. The van der Waals surface area contributed by atoms with E-state index < -0.39 is 0 Å². The predicted molar refractivity (Wildman–Crippen MR) is 51.2 cm³/mol. The van der Waals surface area contributed by atoms with Gasteiger partial charge in [-0.2, -0.15) is 0 Å². The third kappa shape index (κ3) is 1.27. The zero-order chi connectivity index (χ0) is 8.44. The molecule has 0 aromatic heterocycles. The number of hydrogen-bond donors (Lipinski definition) is 2. The van der Waals surface area contributed by atoms with E-state index in [9.17, 15) is 0 Å². The molecule has 2 heteroatoms. The van der Waals surface area contributed by atoms with Crippen molar-refractivity contribution < 1.29 is 0 Å². The molecule has 2 saturated heterocycles. The summed E-state index contributed by atoms with van der Waals surface area (Å²) in [6, 6.07) is 0. The first-order valence-corrected chi connectivity index (χ1v) is 5.33. The molecule has 0 amide bonds. The molecule has 12 heavy (non-hydrogen) atoms. The van der Waals surface area contributed by atoms with Gasteiger partial charge in [0.15, 0.2) is 0 Å². The van der Waals surface area contributed by atoms with Gasteiger partial charge in [0, 0.05) is 5.54 Å². The Hall–Kier alpha value is -0.0800. The minimum atomic E-state index is 0.503. The molecule has 0 aliphatic carbocycles.